The Balaban J connectivity index is 1.46. The van der Waals surface area contributed by atoms with Crippen molar-refractivity contribution in [2.75, 3.05) is 0 Å². The molecule has 5 rings (SSSR count). The van der Waals surface area contributed by atoms with Gasteiger partial charge in [0, 0.05) is 11.8 Å². The van der Waals surface area contributed by atoms with Gasteiger partial charge in [-0.25, -0.2) is 0 Å². The second-order valence-corrected chi connectivity index (χ2v) is 17.2. The fourth-order valence-electron chi connectivity index (χ4n) is 8.49. The van der Waals surface area contributed by atoms with Gasteiger partial charge < -0.3 is 14.6 Å². The number of hydrogen-bond donors (Lipinski definition) is 2. The van der Waals surface area contributed by atoms with Crippen LogP contribution in [0.2, 0.25) is 19.6 Å². The summed E-state index contributed by atoms with van der Waals surface area (Å²) in [5.74, 6) is 2.65. The lowest BCUT2D eigenvalue weighted by Crippen LogP contribution is -2.64. The van der Waals surface area contributed by atoms with E-state index in [1.54, 1.807) is 0 Å². The van der Waals surface area contributed by atoms with Crippen LogP contribution in [0.5, 0.6) is 0 Å². The molecular weight excluding hydrogens is 412 g/mol. The first-order valence-electron chi connectivity index (χ1n) is 12.8. The van der Waals surface area contributed by atoms with Crippen molar-refractivity contribution in [1.82, 2.24) is 0 Å². The van der Waals surface area contributed by atoms with Crippen molar-refractivity contribution >= 4 is 8.32 Å². The van der Waals surface area contributed by atoms with Crippen LogP contribution >= 0.6 is 0 Å². The summed E-state index contributed by atoms with van der Waals surface area (Å²) in [6.07, 6.45) is 10.1. The lowest BCUT2D eigenvalue weighted by atomic mass is 9.43. The van der Waals surface area contributed by atoms with Crippen LogP contribution < -0.4 is 0 Å². The molecule has 2 N–H and O–H groups in total. The summed E-state index contributed by atoms with van der Waals surface area (Å²) < 4.78 is 6.41. The average molecular weight is 455 g/mol. The molecule has 4 aliphatic rings. The molecule has 4 aliphatic carbocycles. The minimum Gasteiger partial charge on any atom is -0.548 e. The third-order valence-corrected chi connectivity index (χ3v) is 11.2. The highest BCUT2D eigenvalue weighted by atomic mass is 28.4. The molecule has 0 heterocycles. The zero-order chi connectivity index (χ0) is 23.0. The van der Waals surface area contributed by atoms with Crippen molar-refractivity contribution in [2.45, 2.75) is 96.1 Å². The molecule has 0 unspecified atom stereocenters. The molecule has 176 valence electrons. The van der Waals surface area contributed by atoms with Crippen LogP contribution in [0, 0.1) is 28.6 Å². The van der Waals surface area contributed by atoms with Crippen LogP contribution in [0.1, 0.15) is 70.8 Å². The monoisotopic (exact) mass is 454 g/mol. The lowest BCUT2D eigenvalue weighted by Gasteiger charge is -2.63. The number of hydrogen-bond acceptors (Lipinski definition) is 3. The zero-order valence-corrected chi connectivity index (χ0v) is 21.7. The van der Waals surface area contributed by atoms with E-state index in [1.807, 2.05) is 30.3 Å². The SMILES string of the molecule is C[C@]12CC=C(O[Si](C)(C)C)C[C@@H]1CC[C@@H]1[C@@H]2CC[C@]2(C)[C@@](O)(c3ccccc3)CC[C@]12O. The molecule has 0 saturated heterocycles. The van der Waals surface area contributed by atoms with Gasteiger partial charge in [-0.05, 0) is 99.4 Å². The maximum atomic E-state index is 12.4. The summed E-state index contributed by atoms with van der Waals surface area (Å²) in [6.45, 7) is 11.5. The van der Waals surface area contributed by atoms with Gasteiger partial charge in [-0.1, -0.05) is 44.2 Å². The van der Waals surface area contributed by atoms with Gasteiger partial charge >= 0.3 is 0 Å². The smallest absolute Gasteiger partial charge is 0.241 e. The predicted octanol–water partition coefficient (Wildman–Crippen LogP) is 6.38. The van der Waals surface area contributed by atoms with Crippen LogP contribution in [0.15, 0.2) is 42.2 Å². The Morgan fingerprint density at radius 3 is 2.31 bits per heavy atom. The molecule has 0 aromatic heterocycles. The van der Waals surface area contributed by atoms with Crippen LogP contribution in [0.4, 0.5) is 0 Å². The Bertz CT molecular complexity index is 907. The van der Waals surface area contributed by atoms with Gasteiger partial charge in [-0.15, -0.1) is 0 Å². The lowest BCUT2D eigenvalue weighted by molar-refractivity contribution is -0.233. The molecule has 0 radical (unpaired) electrons. The molecule has 32 heavy (non-hydrogen) atoms. The van der Waals surface area contributed by atoms with E-state index in [0.29, 0.717) is 24.7 Å². The maximum absolute atomic E-state index is 12.4. The van der Waals surface area contributed by atoms with Crippen molar-refractivity contribution in [3.05, 3.63) is 47.7 Å². The number of aliphatic hydroxyl groups is 2. The first-order valence-corrected chi connectivity index (χ1v) is 16.2. The number of benzene rings is 1. The average Bonchev–Trinajstić information content (AvgIpc) is 2.96. The standard InChI is InChI=1S/C28H42O3Si/c1-25-15-13-22(31-32(3,4)5)19-21(25)11-12-24-23(25)14-16-26(2)27(29,17-18-28(24,26)30)20-9-7-6-8-10-20/h6-10,13,21,23-24,29-30H,11-12,14-19H2,1-5H3/t21-,23-,24+,25-,26+,27-,28-/m0/s1. The fraction of sp³-hybridized carbons (Fsp3) is 0.714. The third-order valence-electron chi connectivity index (χ3n) is 10.3. The van der Waals surface area contributed by atoms with E-state index in [0.717, 1.165) is 44.1 Å². The fourth-order valence-corrected chi connectivity index (χ4v) is 9.44. The Morgan fingerprint density at radius 2 is 1.62 bits per heavy atom. The predicted molar refractivity (Wildman–Crippen MR) is 131 cm³/mol. The third kappa shape index (κ3) is 3.05. The van der Waals surface area contributed by atoms with E-state index in [9.17, 15) is 10.2 Å². The largest absolute Gasteiger partial charge is 0.548 e. The molecule has 1 aromatic carbocycles. The van der Waals surface area contributed by atoms with Crippen LogP contribution in [-0.4, -0.2) is 24.1 Å². The molecule has 3 fully saturated rings. The number of rotatable bonds is 3. The summed E-state index contributed by atoms with van der Waals surface area (Å²) in [5.41, 5.74) is -1.04. The Labute approximate surface area is 195 Å². The Kier molecular flexibility index (Phi) is 5.10. The molecule has 0 amide bonds. The summed E-state index contributed by atoms with van der Waals surface area (Å²) >= 11 is 0. The van der Waals surface area contributed by atoms with E-state index in [4.69, 9.17) is 4.43 Å². The molecule has 7 atom stereocenters. The van der Waals surface area contributed by atoms with Crippen molar-refractivity contribution in [2.24, 2.45) is 28.6 Å². The minimum absolute atomic E-state index is 0.222. The first kappa shape index (κ1) is 22.7. The summed E-state index contributed by atoms with van der Waals surface area (Å²) in [5, 5.41) is 24.4. The van der Waals surface area contributed by atoms with Crippen LogP contribution in [-0.2, 0) is 10.0 Å². The quantitative estimate of drug-likeness (QED) is 0.521. The summed E-state index contributed by atoms with van der Waals surface area (Å²) in [4.78, 5) is 0. The molecule has 0 bridgehead atoms. The summed E-state index contributed by atoms with van der Waals surface area (Å²) in [7, 11) is -1.58. The highest BCUT2D eigenvalue weighted by Crippen LogP contribution is 2.71. The van der Waals surface area contributed by atoms with Crippen molar-refractivity contribution < 1.29 is 14.6 Å². The van der Waals surface area contributed by atoms with E-state index in [1.165, 1.54) is 5.76 Å². The molecule has 0 aliphatic heterocycles. The highest BCUT2D eigenvalue weighted by Gasteiger charge is 2.71. The number of fused-ring (bicyclic) bond motifs is 5. The Morgan fingerprint density at radius 1 is 0.906 bits per heavy atom. The molecule has 4 heteroatoms. The van der Waals surface area contributed by atoms with Gasteiger partial charge in [0.1, 0.15) is 0 Å². The maximum Gasteiger partial charge on any atom is 0.241 e. The van der Waals surface area contributed by atoms with Gasteiger partial charge in [0.2, 0.25) is 8.32 Å². The van der Waals surface area contributed by atoms with Crippen molar-refractivity contribution in [3.8, 4) is 0 Å². The normalized spacial score (nSPS) is 46.0. The Hall–Kier alpha value is -1.10. The second kappa shape index (κ2) is 7.20. The number of allylic oxidation sites excluding steroid dienone is 2. The first-order chi connectivity index (χ1) is 14.9. The minimum atomic E-state index is -1.58. The van der Waals surface area contributed by atoms with Gasteiger partial charge in [-0.3, -0.25) is 0 Å². The second-order valence-electron chi connectivity index (χ2n) is 12.8. The van der Waals surface area contributed by atoms with E-state index < -0.39 is 24.9 Å². The topological polar surface area (TPSA) is 49.7 Å². The van der Waals surface area contributed by atoms with Gasteiger partial charge in [0.15, 0.2) is 0 Å². The molecular formula is C28H42O3Si. The molecule has 1 aromatic rings. The van der Waals surface area contributed by atoms with E-state index >= 15 is 0 Å². The molecule has 0 spiro atoms. The van der Waals surface area contributed by atoms with E-state index in [2.05, 4.69) is 39.6 Å². The van der Waals surface area contributed by atoms with Gasteiger partial charge in [0.25, 0.3) is 0 Å². The van der Waals surface area contributed by atoms with Gasteiger partial charge in [0.05, 0.1) is 17.0 Å². The zero-order valence-electron chi connectivity index (χ0n) is 20.7. The highest BCUT2D eigenvalue weighted by molar-refractivity contribution is 6.70. The van der Waals surface area contributed by atoms with Gasteiger partial charge in [-0.2, -0.15) is 0 Å². The van der Waals surface area contributed by atoms with Crippen LogP contribution in [0.3, 0.4) is 0 Å². The summed E-state index contributed by atoms with van der Waals surface area (Å²) in [6, 6.07) is 10.1. The van der Waals surface area contributed by atoms with Crippen molar-refractivity contribution in [3.63, 3.8) is 0 Å². The molecule has 3 nitrogen and oxygen atoms in total. The van der Waals surface area contributed by atoms with Crippen LogP contribution in [0.25, 0.3) is 0 Å². The molecule has 3 saturated carbocycles. The van der Waals surface area contributed by atoms with E-state index in [-0.39, 0.29) is 11.3 Å². The van der Waals surface area contributed by atoms with Crippen molar-refractivity contribution in [1.29, 1.82) is 0 Å².